The Kier molecular flexibility index (Phi) is 4.36. The summed E-state index contributed by atoms with van der Waals surface area (Å²) in [5, 5.41) is 2.15. The Morgan fingerprint density at radius 2 is 1.73 bits per heavy atom. The van der Waals surface area contributed by atoms with Crippen LogP contribution in [0.25, 0.3) is 10.9 Å². The van der Waals surface area contributed by atoms with Crippen molar-refractivity contribution in [2.24, 2.45) is 0 Å². The highest BCUT2D eigenvalue weighted by Gasteiger charge is 2.09. The van der Waals surface area contributed by atoms with Crippen LogP contribution in [0.4, 0.5) is 0 Å². The predicted molar refractivity (Wildman–Crippen MR) is 89.1 cm³/mol. The monoisotopic (exact) mass is 333 g/mol. The molecule has 0 aliphatic rings. The zero-order valence-corrected chi connectivity index (χ0v) is 13.4. The molecule has 0 atom stereocenters. The molecule has 0 N–H and O–H groups in total. The molecule has 0 amide bonds. The second kappa shape index (κ2) is 6.42. The number of hydrogen-bond donors (Lipinski definition) is 0. The topological polar surface area (TPSA) is 31.4 Å². The Morgan fingerprint density at radius 1 is 1.00 bits per heavy atom. The largest absolute Gasteiger partial charge is 0.497 e. The minimum Gasteiger partial charge on any atom is -0.497 e. The van der Waals surface area contributed by atoms with Gasteiger partial charge in [-0.15, -0.1) is 0 Å². The molecular weight excluding hydrogens is 321 g/mol. The summed E-state index contributed by atoms with van der Waals surface area (Å²) in [6.07, 6.45) is 1.61. The Hall–Kier alpha value is -1.97. The lowest BCUT2D eigenvalue weighted by Gasteiger charge is -2.11. The van der Waals surface area contributed by atoms with E-state index in [2.05, 4.69) is 4.98 Å². The first-order valence-electron chi connectivity index (χ1n) is 6.67. The molecule has 2 aromatic carbocycles. The molecule has 0 bridgehead atoms. The highest BCUT2D eigenvalue weighted by atomic mass is 35.5. The van der Waals surface area contributed by atoms with Crippen LogP contribution < -0.4 is 9.47 Å². The van der Waals surface area contributed by atoms with E-state index < -0.39 is 0 Å². The summed E-state index contributed by atoms with van der Waals surface area (Å²) in [7, 11) is 1.63. The second-order valence-electron chi connectivity index (χ2n) is 4.72. The standard InChI is InChI=1S/C17H13Cl2NO2/c1-21-13-3-5-14(6-4-13)22-10-15-16(19)7-2-11-8-12(18)9-20-17(11)15/h2-9H,10H2,1H3. The van der Waals surface area contributed by atoms with E-state index in [0.717, 1.165) is 28.0 Å². The molecule has 3 nitrogen and oxygen atoms in total. The van der Waals surface area contributed by atoms with E-state index in [4.69, 9.17) is 32.7 Å². The predicted octanol–water partition coefficient (Wildman–Crippen LogP) is 5.13. The fourth-order valence-electron chi connectivity index (χ4n) is 2.18. The lowest BCUT2D eigenvalue weighted by molar-refractivity contribution is 0.307. The van der Waals surface area contributed by atoms with Gasteiger partial charge in [0.25, 0.3) is 0 Å². The maximum absolute atomic E-state index is 6.28. The quantitative estimate of drug-likeness (QED) is 0.663. The smallest absolute Gasteiger partial charge is 0.120 e. The van der Waals surface area contributed by atoms with Crippen LogP contribution in [-0.4, -0.2) is 12.1 Å². The summed E-state index contributed by atoms with van der Waals surface area (Å²) in [4.78, 5) is 4.36. The van der Waals surface area contributed by atoms with Gasteiger partial charge in [-0.3, -0.25) is 4.98 Å². The highest BCUT2D eigenvalue weighted by molar-refractivity contribution is 6.33. The molecule has 3 rings (SSSR count). The van der Waals surface area contributed by atoms with Gasteiger partial charge in [-0.2, -0.15) is 0 Å². The van der Waals surface area contributed by atoms with Gasteiger partial charge < -0.3 is 9.47 Å². The Labute approximate surface area is 138 Å². The molecule has 112 valence electrons. The van der Waals surface area contributed by atoms with Crippen molar-refractivity contribution in [3.63, 3.8) is 0 Å². The van der Waals surface area contributed by atoms with Crippen molar-refractivity contribution >= 4 is 34.1 Å². The van der Waals surface area contributed by atoms with Gasteiger partial charge in [0.2, 0.25) is 0 Å². The van der Waals surface area contributed by atoms with Crippen LogP contribution in [0.2, 0.25) is 10.0 Å². The molecule has 3 aromatic rings. The van der Waals surface area contributed by atoms with E-state index in [-0.39, 0.29) is 0 Å². The molecule has 0 saturated heterocycles. The highest BCUT2D eigenvalue weighted by Crippen LogP contribution is 2.28. The SMILES string of the molecule is COc1ccc(OCc2c(Cl)ccc3cc(Cl)cnc23)cc1. The van der Waals surface area contributed by atoms with Crippen LogP contribution in [0.15, 0.2) is 48.7 Å². The lowest BCUT2D eigenvalue weighted by Crippen LogP contribution is -1.99. The van der Waals surface area contributed by atoms with Gasteiger partial charge in [-0.1, -0.05) is 29.3 Å². The number of methoxy groups -OCH3 is 1. The summed E-state index contributed by atoms with van der Waals surface area (Å²) >= 11 is 12.3. The van der Waals surface area contributed by atoms with E-state index in [1.807, 2.05) is 42.5 Å². The van der Waals surface area contributed by atoms with Crippen LogP contribution in [0.5, 0.6) is 11.5 Å². The average Bonchev–Trinajstić information content (AvgIpc) is 2.54. The molecule has 1 heterocycles. The molecule has 0 radical (unpaired) electrons. The average molecular weight is 334 g/mol. The normalized spacial score (nSPS) is 10.7. The first-order chi connectivity index (χ1) is 10.7. The van der Waals surface area contributed by atoms with Crippen LogP contribution in [0, 0.1) is 0 Å². The van der Waals surface area contributed by atoms with E-state index in [1.54, 1.807) is 13.3 Å². The van der Waals surface area contributed by atoms with Gasteiger partial charge in [0.05, 0.1) is 17.6 Å². The molecular formula is C17H13Cl2NO2. The lowest BCUT2D eigenvalue weighted by atomic mass is 10.1. The molecule has 0 spiro atoms. The molecule has 0 saturated carbocycles. The third kappa shape index (κ3) is 3.11. The van der Waals surface area contributed by atoms with E-state index >= 15 is 0 Å². The maximum atomic E-state index is 6.28. The number of pyridine rings is 1. The van der Waals surface area contributed by atoms with Gasteiger partial charge in [-0.05, 0) is 36.4 Å². The van der Waals surface area contributed by atoms with Crippen molar-refractivity contribution in [2.45, 2.75) is 6.61 Å². The summed E-state index contributed by atoms with van der Waals surface area (Å²) in [6, 6.07) is 13.0. The van der Waals surface area contributed by atoms with Crippen molar-refractivity contribution in [3.05, 3.63) is 64.3 Å². The number of halogens is 2. The number of rotatable bonds is 4. The number of ether oxygens (including phenoxy) is 2. The van der Waals surface area contributed by atoms with E-state index in [0.29, 0.717) is 16.7 Å². The van der Waals surface area contributed by atoms with Gasteiger partial charge >= 0.3 is 0 Å². The van der Waals surface area contributed by atoms with Crippen molar-refractivity contribution in [3.8, 4) is 11.5 Å². The minimum absolute atomic E-state index is 0.330. The van der Waals surface area contributed by atoms with E-state index in [1.165, 1.54) is 0 Å². The molecule has 1 aromatic heterocycles. The molecule has 22 heavy (non-hydrogen) atoms. The molecule has 0 aliphatic carbocycles. The number of hydrogen-bond acceptors (Lipinski definition) is 3. The Balaban J connectivity index is 1.87. The van der Waals surface area contributed by atoms with Crippen molar-refractivity contribution < 1.29 is 9.47 Å². The van der Waals surface area contributed by atoms with Crippen LogP contribution in [-0.2, 0) is 6.61 Å². The number of fused-ring (bicyclic) bond motifs is 1. The first kappa shape index (κ1) is 14.9. The molecule has 5 heteroatoms. The van der Waals surface area contributed by atoms with Gasteiger partial charge in [-0.25, -0.2) is 0 Å². The summed E-state index contributed by atoms with van der Waals surface area (Å²) < 4.78 is 10.9. The maximum Gasteiger partial charge on any atom is 0.120 e. The summed E-state index contributed by atoms with van der Waals surface area (Å²) in [5.41, 5.74) is 1.64. The van der Waals surface area contributed by atoms with Gasteiger partial charge in [0.1, 0.15) is 18.1 Å². The molecule has 0 fully saturated rings. The summed E-state index contributed by atoms with van der Waals surface area (Å²) in [5.74, 6) is 1.52. The third-order valence-corrected chi connectivity index (χ3v) is 3.87. The fourth-order valence-corrected chi connectivity index (χ4v) is 2.55. The van der Waals surface area contributed by atoms with Crippen molar-refractivity contribution in [1.82, 2.24) is 4.98 Å². The van der Waals surface area contributed by atoms with E-state index in [9.17, 15) is 0 Å². The fraction of sp³-hybridized carbons (Fsp3) is 0.118. The molecule has 0 unspecified atom stereocenters. The number of benzene rings is 2. The first-order valence-corrected chi connectivity index (χ1v) is 7.42. The van der Waals surface area contributed by atoms with Crippen molar-refractivity contribution in [1.29, 1.82) is 0 Å². The summed E-state index contributed by atoms with van der Waals surface area (Å²) in [6.45, 7) is 0.330. The third-order valence-electron chi connectivity index (χ3n) is 3.31. The van der Waals surface area contributed by atoms with Gasteiger partial charge in [0.15, 0.2) is 0 Å². The van der Waals surface area contributed by atoms with Gasteiger partial charge in [0, 0.05) is 22.2 Å². The zero-order valence-electron chi connectivity index (χ0n) is 11.8. The minimum atomic E-state index is 0.330. The van der Waals surface area contributed by atoms with Crippen LogP contribution in [0.1, 0.15) is 5.56 Å². The second-order valence-corrected chi connectivity index (χ2v) is 5.56. The molecule has 0 aliphatic heterocycles. The van der Waals surface area contributed by atoms with Crippen LogP contribution >= 0.6 is 23.2 Å². The Morgan fingerprint density at radius 3 is 2.45 bits per heavy atom. The zero-order chi connectivity index (χ0) is 15.5. The van der Waals surface area contributed by atoms with Crippen molar-refractivity contribution in [2.75, 3.05) is 7.11 Å². The number of nitrogens with zero attached hydrogens (tertiary/aromatic N) is 1. The van der Waals surface area contributed by atoms with Crippen LogP contribution in [0.3, 0.4) is 0 Å². The Bertz CT molecular complexity index is 804. The number of aromatic nitrogens is 1.